The summed E-state index contributed by atoms with van der Waals surface area (Å²) in [4.78, 5) is 8.62. The van der Waals surface area contributed by atoms with E-state index in [1.165, 1.54) is 0 Å². The first-order chi connectivity index (χ1) is 9.65. The standard InChI is InChI=1S/C14H10Cl2N4/c1-20-8-10(7-17-20)14-18-12(15)11(13(16)19-14)9-5-3-2-4-6-9/h2-8H,1H3. The van der Waals surface area contributed by atoms with Crippen LogP contribution in [0.4, 0.5) is 0 Å². The molecule has 100 valence electrons. The van der Waals surface area contributed by atoms with E-state index in [2.05, 4.69) is 15.1 Å². The fourth-order valence-corrected chi connectivity index (χ4v) is 2.52. The van der Waals surface area contributed by atoms with Gasteiger partial charge in [-0.15, -0.1) is 0 Å². The maximum absolute atomic E-state index is 6.26. The first kappa shape index (κ1) is 13.1. The van der Waals surface area contributed by atoms with Crippen LogP contribution in [0, 0.1) is 0 Å². The van der Waals surface area contributed by atoms with Crippen molar-refractivity contribution in [1.82, 2.24) is 19.7 Å². The molecule has 0 aliphatic carbocycles. The molecule has 0 N–H and O–H groups in total. The fraction of sp³-hybridized carbons (Fsp3) is 0.0714. The van der Waals surface area contributed by atoms with Crippen LogP contribution in [-0.2, 0) is 7.05 Å². The van der Waals surface area contributed by atoms with Crippen molar-refractivity contribution in [3.63, 3.8) is 0 Å². The second-order valence-electron chi connectivity index (χ2n) is 4.27. The van der Waals surface area contributed by atoms with Gasteiger partial charge in [0.15, 0.2) is 5.82 Å². The SMILES string of the molecule is Cn1cc(-c2nc(Cl)c(-c3ccccc3)c(Cl)n2)cn1. The van der Waals surface area contributed by atoms with E-state index < -0.39 is 0 Å². The average Bonchev–Trinajstić information content (AvgIpc) is 2.86. The number of halogens is 2. The third-order valence-electron chi connectivity index (χ3n) is 2.85. The minimum atomic E-state index is 0.329. The van der Waals surface area contributed by atoms with Crippen molar-refractivity contribution in [3.05, 3.63) is 53.0 Å². The van der Waals surface area contributed by atoms with Crippen LogP contribution in [0.25, 0.3) is 22.5 Å². The first-order valence-electron chi connectivity index (χ1n) is 5.92. The highest BCUT2D eigenvalue weighted by atomic mass is 35.5. The van der Waals surface area contributed by atoms with E-state index in [0.717, 1.165) is 11.1 Å². The summed E-state index contributed by atoms with van der Waals surface area (Å²) >= 11 is 12.5. The van der Waals surface area contributed by atoms with Crippen LogP contribution in [0.3, 0.4) is 0 Å². The molecular weight excluding hydrogens is 295 g/mol. The molecule has 3 aromatic rings. The van der Waals surface area contributed by atoms with E-state index >= 15 is 0 Å². The summed E-state index contributed by atoms with van der Waals surface area (Å²) in [6.07, 6.45) is 3.48. The summed E-state index contributed by atoms with van der Waals surface area (Å²) < 4.78 is 1.67. The van der Waals surface area contributed by atoms with E-state index in [4.69, 9.17) is 23.2 Å². The number of hydrogen-bond acceptors (Lipinski definition) is 3. The highest BCUT2D eigenvalue weighted by Gasteiger charge is 2.15. The molecule has 0 spiro atoms. The zero-order valence-corrected chi connectivity index (χ0v) is 12.1. The number of benzene rings is 1. The van der Waals surface area contributed by atoms with Crippen LogP contribution in [0.5, 0.6) is 0 Å². The minimum absolute atomic E-state index is 0.329. The molecule has 0 atom stereocenters. The number of aryl methyl sites for hydroxylation is 1. The summed E-state index contributed by atoms with van der Waals surface area (Å²) in [7, 11) is 1.82. The molecule has 0 aliphatic heterocycles. The Morgan fingerprint density at radius 2 is 1.60 bits per heavy atom. The van der Waals surface area contributed by atoms with Crippen molar-refractivity contribution in [1.29, 1.82) is 0 Å². The van der Waals surface area contributed by atoms with Crippen molar-refractivity contribution < 1.29 is 0 Å². The normalized spacial score (nSPS) is 10.8. The Balaban J connectivity index is 2.12. The van der Waals surface area contributed by atoms with Crippen molar-refractivity contribution in [2.24, 2.45) is 7.05 Å². The molecule has 0 bridgehead atoms. The summed E-state index contributed by atoms with van der Waals surface area (Å²) in [5, 5.41) is 4.74. The number of nitrogens with zero attached hydrogens (tertiary/aromatic N) is 4. The molecule has 20 heavy (non-hydrogen) atoms. The molecule has 0 saturated heterocycles. The topological polar surface area (TPSA) is 43.6 Å². The van der Waals surface area contributed by atoms with Gasteiger partial charge in [0.25, 0.3) is 0 Å². The maximum atomic E-state index is 6.26. The number of rotatable bonds is 2. The lowest BCUT2D eigenvalue weighted by Gasteiger charge is -2.07. The predicted molar refractivity (Wildman–Crippen MR) is 79.7 cm³/mol. The Morgan fingerprint density at radius 3 is 2.15 bits per heavy atom. The van der Waals surface area contributed by atoms with Gasteiger partial charge in [-0.05, 0) is 5.56 Å². The van der Waals surface area contributed by atoms with E-state index in [9.17, 15) is 0 Å². The zero-order valence-electron chi connectivity index (χ0n) is 10.6. The highest BCUT2D eigenvalue weighted by Crippen LogP contribution is 2.33. The summed E-state index contributed by atoms with van der Waals surface area (Å²) in [6, 6.07) is 9.59. The van der Waals surface area contributed by atoms with Gasteiger partial charge in [-0.25, -0.2) is 9.97 Å². The van der Waals surface area contributed by atoms with Gasteiger partial charge in [-0.3, -0.25) is 4.68 Å². The molecule has 0 radical (unpaired) electrons. The van der Waals surface area contributed by atoms with Crippen LogP contribution in [0.2, 0.25) is 10.3 Å². The molecule has 0 amide bonds. The maximum Gasteiger partial charge on any atom is 0.165 e. The monoisotopic (exact) mass is 304 g/mol. The largest absolute Gasteiger partial charge is 0.275 e. The van der Waals surface area contributed by atoms with Crippen LogP contribution in [0.15, 0.2) is 42.7 Å². The Bertz CT molecular complexity index is 730. The molecule has 0 saturated carbocycles. The van der Waals surface area contributed by atoms with E-state index in [1.807, 2.05) is 43.6 Å². The first-order valence-corrected chi connectivity index (χ1v) is 6.68. The van der Waals surface area contributed by atoms with Gasteiger partial charge in [0.1, 0.15) is 10.3 Å². The van der Waals surface area contributed by atoms with Gasteiger partial charge >= 0.3 is 0 Å². The van der Waals surface area contributed by atoms with Crippen LogP contribution < -0.4 is 0 Å². The second-order valence-corrected chi connectivity index (χ2v) is 4.99. The van der Waals surface area contributed by atoms with Crippen molar-refractivity contribution in [2.45, 2.75) is 0 Å². The third kappa shape index (κ3) is 2.40. The molecule has 0 fully saturated rings. The van der Waals surface area contributed by atoms with E-state index in [0.29, 0.717) is 21.7 Å². The van der Waals surface area contributed by atoms with Gasteiger partial charge in [-0.2, -0.15) is 5.10 Å². The molecule has 2 aromatic heterocycles. The van der Waals surface area contributed by atoms with Crippen molar-refractivity contribution in [3.8, 4) is 22.5 Å². The lowest BCUT2D eigenvalue weighted by atomic mass is 10.1. The van der Waals surface area contributed by atoms with Gasteiger partial charge in [0, 0.05) is 13.2 Å². The number of aromatic nitrogens is 4. The highest BCUT2D eigenvalue weighted by molar-refractivity contribution is 6.37. The fourth-order valence-electron chi connectivity index (χ4n) is 1.92. The molecule has 3 rings (SSSR count). The molecular formula is C14H10Cl2N4. The minimum Gasteiger partial charge on any atom is -0.275 e. The molecule has 0 aliphatic rings. The Kier molecular flexibility index (Phi) is 3.42. The summed E-state index contributed by atoms with van der Waals surface area (Å²) in [6.45, 7) is 0. The predicted octanol–water partition coefficient (Wildman–Crippen LogP) is 3.85. The van der Waals surface area contributed by atoms with Crippen molar-refractivity contribution in [2.75, 3.05) is 0 Å². The smallest absolute Gasteiger partial charge is 0.165 e. The van der Waals surface area contributed by atoms with Gasteiger partial charge < -0.3 is 0 Å². The summed E-state index contributed by atoms with van der Waals surface area (Å²) in [5.41, 5.74) is 2.30. The zero-order chi connectivity index (χ0) is 14.1. The van der Waals surface area contributed by atoms with Crippen molar-refractivity contribution >= 4 is 23.2 Å². The lowest BCUT2D eigenvalue weighted by molar-refractivity contribution is 0.768. The second kappa shape index (κ2) is 5.23. The van der Waals surface area contributed by atoms with E-state index in [1.54, 1.807) is 10.9 Å². The van der Waals surface area contributed by atoms with Gasteiger partial charge in [0.05, 0.1) is 17.3 Å². The third-order valence-corrected chi connectivity index (χ3v) is 3.39. The molecule has 4 nitrogen and oxygen atoms in total. The molecule has 0 unspecified atom stereocenters. The van der Waals surface area contributed by atoms with Crippen LogP contribution >= 0.6 is 23.2 Å². The van der Waals surface area contributed by atoms with Crippen LogP contribution in [0.1, 0.15) is 0 Å². The van der Waals surface area contributed by atoms with E-state index in [-0.39, 0.29) is 0 Å². The Morgan fingerprint density at radius 1 is 0.950 bits per heavy atom. The Labute approximate surface area is 126 Å². The lowest BCUT2D eigenvalue weighted by Crippen LogP contribution is -1.94. The van der Waals surface area contributed by atoms with Gasteiger partial charge in [0.2, 0.25) is 0 Å². The van der Waals surface area contributed by atoms with Gasteiger partial charge in [-0.1, -0.05) is 53.5 Å². The van der Waals surface area contributed by atoms with Crippen LogP contribution in [-0.4, -0.2) is 19.7 Å². The molecule has 2 heterocycles. The summed E-state index contributed by atoms with van der Waals surface area (Å²) in [5.74, 6) is 0.466. The molecule has 6 heteroatoms. The average molecular weight is 305 g/mol. The number of hydrogen-bond donors (Lipinski definition) is 0. The molecule has 1 aromatic carbocycles. The Hall–Kier alpha value is -1.91. The quantitative estimate of drug-likeness (QED) is 0.675.